The Kier molecular flexibility index (Phi) is 4.38. The van der Waals surface area contributed by atoms with Crippen molar-refractivity contribution in [2.45, 2.75) is 18.6 Å². The molecule has 2 aliphatic rings. The molecule has 0 saturated carbocycles. The highest BCUT2D eigenvalue weighted by molar-refractivity contribution is 5.94. The molecule has 7 nitrogen and oxygen atoms in total. The maximum atomic E-state index is 12.0. The molecule has 0 radical (unpaired) electrons. The normalized spacial score (nSPS) is 28.2. The molecule has 0 bridgehead atoms. The number of hydrogen-bond acceptors (Lipinski definition) is 6. The van der Waals surface area contributed by atoms with Gasteiger partial charge in [0, 0.05) is 19.1 Å². The summed E-state index contributed by atoms with van der Waals surface area (Å²) in [5.74, 6) is -0.250. The molecule has 2 heterocycles. The van der Waals surface area contributed by atoms with Crippen molar-refractivity contribution in [1.29, 1.82) is 0 Å². The molecule has 2 amide bonds. The number of nitrogens with zero attached hydrogens (tertiary/aromatic N) is 3. The summed E-state index contributed by atoms with van der Waals surface area (Å²) in [4.78, 5) is 28.5. The lowest BCUT2D eigenvalue weighted by atomic mass is 10.2. The highest BCUT2D eigenvalue weighted by Gasteiger charge is 2.35. The molecule has 0 spiro atoms. The Balaban J connectivity index is 1.92. The number of rotatable bonds is 4. The number of carbonyl (C=O) groups is 2. The third-order valence-corrected chi connectivity index (χ3v) is 3.48. The lowest BCUT2D eigenvalue weighted by molar-refractivity contribution is -0.129. The number of cyclic esters (lactones) is 1. The molecule has 2 fully saturated rings. The van der Waals surface area contributed by atoms with Crippen molar-refractivity contribution in [3.63, 3.8) is 0 Å². The minimum absolute atomic E-state index is 0.146. The molecule has 7 heteroatoms. The fourth-order valence-electron chi connectivity index (χ4n) is 2.64. The Bertz CT molecular complexity index is 361. The minimum Gasteiger partial charge on any atom is -0.447 e. The molecule has 2 saturated heterocycles. The number of likely N-dealkylation sites (tertiary alicyclic amines) is 1. The van der Waals surface area contributed by atoms with Crippen LogP contribution in [0.25, 0.3) is 0 Å². The maximum Gasteiger partial charge on any atom is 0.416 e. The zero-order valence-corrected chi connectivity index (χ0v) is 11.4. The maximum absolute atomic E-state index is 12.0. The van der Waals surface area contributed by atoms with E-state index >= 15 is 0 Å². The number of imide groups is 1. The first-order valence-electron chi connectivity index (χ1n) is 6.51. The summed E-state index contributed by atoms with van der Waals surface area (Å²) in [5.41, 5.74) is 0. The fraction of sp³-hybridized carbons (Fsp3) is 0.833. The van der Waals surface area contributed by atoms with E-state index in [1.54, 1.807) is 0 Å². The zero-order valence-electron chi connectivity index (χ0n) is 11.4. The average Bonchev–Trinajstić information content (AvgIpc) is 2.85. The van der Waals surface area contributed by atoms with E-state index in [0.29, 0.717) is 19.5 Å². The van der Waals surface area contributed by atoms with E-state index in [1.807, 2.05) is 23.9 Å². The molecule has 0 aromatic heterocycles. The summed E-state index contributed by atoms with van der Waals surface area (Å²) in [6.07, 6.45) is -0.298. The van der Waals surface area contributed by atoms with Gasteiger partial charge in [-0.15, -0.1) is 0 Å². The van der Waals surface area contributed by atoms with Crippen molar-refractivity contribution in [2.75, 3.05) is 46.9 Å². The Labute approximate surface area is 112 Å². The van der Waals surface area contributed by atoms with Gasteiger partial charge in [0.1, 0.15) is 6.61 Å². The van der Waals surface area contributed by atoms with Crippen LogP contribution in [0.15, 0.2) is 0 Å². The highest BCUT2D eigenvalue weighted by atomic mass is 16.6. The number of β-amino-alcohol motifs (C(OH)–C–C–N with tert-alkyl or cyclic N) is 1. The van der Waals surface area contributed by atoms with E-state index in [9.17, 15) is 14.7 Å². The number of hydrogen-bond donors (Lipinski definition) is 1. The minimum atomic E-state index is -0.561. The van der Waals surface area contributed by atoms with Gasteiger partial charge in [-0.1, -0.05) is 0 Å². The molecule has 2 unspecified atom stereocenters. The molecular formula is C12H21N3O4. The van der Waals surface area contributed by atoms with Crippen LogP contribution in [-0.4, -0.2) is 90.8 Å². The van der Waals surface area contributed by atoms with E-state index in [4.69, 9.17) is 4.74 Å². The number of ether oxygens (including phenoxy) is 1. The first-order valence-corrected chi connectivity index (χ1v) is 6.51. The molecule has 0 aromatic rings. The predicted octanol–water partition coefficient (Wildman–Crippen LogP) is -1.04. The van der Waals surface area contributed by atoms with Crippen molar-refractivity contribution in [1.82, 2.24) is 14.7 Å². The molecule has 0 aliphatic carbocycles. The number of carbonyl (C=O) groups excluding carboxylic acids is 2. The van der Waals surface area contributed by atoms with Crippen LogP contribution in [0.1, 0.15) is 6.42 Å². The van der Waals surface area contributed by atoms with Crippen molar-refractivity contribution < 1.29 is 19.4 Å². The van der Waals surface area contributed by atoms with E-state index in [1.165, 1.54) is 0 Å². The molecule has 2 rings (SSSR count). The van der Waals surface area contributed by atoms with Crippen LogP contribution in [0.3, 0.4) is 0 Å². The Morgan fingerprint density at radius 3 is 2.84 bits per heavy atom. The van der Waals surface area contributed by atoms with Crippen molar-refractivity contribution >= 4 is 12.0 Å². The largest absolute Gasteiger partial charge is 0.447 e. The van der Waals surface area contributed by atoms with Gasteiger partial charge >= 0.3 is 6.09 Å². The molecule has 1 N–H and O–H groups in total. The molecule has 108 valence electrons. The second-order valence-electron chi connectivity index (χ2n) is 5.39. The Morgan fingerprint density at radius 1 is 1.53 bits per heavy atom. The topological polar surface area (TPSA) is 73.3 Å². The SMILES string of the molecule is CN(C)CC1CC(O)CN1CC(=O)N1CCOC1=O. The summed E-state index contributed by atoms with van der Waals surface area (Å²) in [6, 6.07) is 0.146. The number of amides is 2. The van der Waals surface area contributed by atoms with Crippen LogP contribution in [0, 0.1) is 0 Å². The van der Waals surface area contributed by atoms with Crippen molar-refractivity contribution in [3.8, 4) is 0 Å². The lowest BCUT2D eigenvalue weighted by Gasteiger charge is -2.26. The van der Waals surface area contributed by atoms with Crippen LogP contribution in [0.5, 0.6) is 0 Å². The third kappa shape index (κ3) is 3.43. The van der Waals surface area contributed by atoms with Gasteiger partial charge in [0.15, 0.2) is 0 Å². The summed E-state index contributed by atoms with van der Waals surface area (Å²) < 4.78 is 4.75. The predicted molar refractivity (Wildman–Crippen MR) is 67.6 cm³/mol. The Hall–Kier alpha value is -1.18. The van der Waals surface area contributed by atoms with E-state index in [-0.39, 0.29) is 25.1 Å². The van der Waals surface area contributed by atoms with Gasteiger partial charge in [-0.25, -0.2) is 9.69 Å². The summed E-state index contributed by atoms with van der Waals surface area (Å²) in [6.45, 7) is 2.02. The van der Waals surface area contributed by atoms with Gasteiger partial charge < -0.3 is 14.7 Å². The van der Waals surface area contributed by atoms with Gasteiger partial charge in [-0.05, 0) is 20.5 Å². The summed E-state index contributed by atoms with van der Waals surface area (Å²) in [7, 11) is 3.92. The van der Waals surface area contributed by atoms with Crippen LogP contribution in [-0.2, 0) is 9.53 Å². The van der Waals surface area contributed by atoms with Crippen LogP contribution in [0.4, 0.5) is 4.79 Å². The van der Waals surface area contributed by atoms with Crippen LogP contribution in [0.2, 0.25) is 0 Å². The number of aliphatic hydroxyl groups is 1. The first-order chi connectivity index (χ1) is 8.97. The lowest BCUT2D eigenvalue weighted by Crippen LogP contribution is -2.45. The highest BCUT2D eigenvalue weighted by Crippen LogP contribution is 2.19. The fourth-order valence-corrected chi connectivity index (χ4v) is 2.64. The number of aliphatic hydroxyl groups excluding tert-OH is 1. The van der Waals surface area contributed by atoms with Gasteiger partial charge in [-0.2, -0.15) is 0 Å². The van der Waals surface area contributed by atoms with E-state index < -0.39 is 12.2 Å². The molecule has 2 aliphatic heterocycles. The van der Waals surface area contributed by atoms with Crippen molar-refractivity contribution in [3.05, 3.63) is 0 Å². The molecule has 19 heavy (non-hydrogen) atoms. The van der Waals surface area contributed by atoms with Gasteiger partial charge in [0.05, 0.1) is 19.2 Å². The molecule has 2 atom stereocenters. The second kappa shape index (κ2) is 5.85. The zero-order chi connectivity index (χ0) is 14.0. The monoisotopic (exact) mass is 271 g/mol. The molecule has 0 aromatic carbocycles. The smallest absolute Gasteiger partial charge is 0.416 e. The summed E-state index contributed by atoms with van der Waals surface area (Å²) in [5, 5.41) is 9.74. The van der Waals surface area contributed by atoms with Crippen molar-refractivity contribution in [2.24, 2.45) is 0 Å². The van der Waals surface area contributed by atoms with E-state index in [0.717, 1.165) is 11.4 Å². The average molecular weight is 271 g/mol. The standard InChI is InChI=1S/C12H21N3O4/c1-13(2)6-9-5-10(16)7-14(9)8-11(17)15-3-4-19-12(15)18/h9-10,16H,3-8H2,1-2H3. The van der Waals surface area contributed by atoms with Crippen LogP contribution >= 0.6 is 0 Å². The number of likely N-dealkylation sites (N-methyl/N-ethyl adjacent to an activating group) is 1. The second-order valence-corrected chi connectivity index (χ2v) is 5.39. The van der Waals surface area contributed by atoms with Gasteiger partial charge in [0.2, 0.25) is 5.91 Å². The van der Waals surface area contributed by atoms with E-state index in [2.05, 4.69) is 0 Å². The summed E-state index contributed by atoms with van der Waals surface area (Å²) >= 11 is 0. The quantitative estimate of drug-likeness (QED) is 0.704. The van der Waals surface area contributed by atoms with Gasteiger partial charge in [0.25, 0.3) is 0 Å². The first kappa shape index (κ1) is 14.2. The van der Waals surface area contributed by atoms with Crippen LogP contribution < -0.4 is 0 Å². The van der Waals surface area contributed by atoms with Gasteiger partial charge in [-0.3, -0.25) is 9.69 Å². The molecular weight excluding hydrogens is 250 g/mol. The third-order valence-electron chi connectivity index (χ3n) is 3.48. The Morgan fingerprint density at radius 2 is 2.26 bits per heavy atom.